The smallest absolute Gasteiger partial charge is 0.240 e. The van der Waals surface area contributed by atoms with E-state index < -0.39 is 10.0 Å². The summed E-state index contributed by atoms with van der Waals surface area (Å²) < 4.78 is 26.1. The van der Waals surface area contributed by atoms with Gasteiger partial charge in [-0.25, -0.2) is 13.1 Å². The van der Waals surface area contributed by atoms with E-state index in [1.54, 1.807) is 31.2 Å². The van der Waals surface area contributed by atoms with Gasteiger partial charge in [0.2, 0.25) is 15.9 Å². The van der Waals surface area contributed by atoms with Crippen molar-refractivity contribution in [1.29, 1.82) is 0 Å². The van der Waals surface area contributed by atoms with Crippen LogP contribution < -0.4 is 15.4 Å². The summed E-state index contributed by atoms with van der Waals surface area (Å²) in [6.07, 6.45) is 0.472. The maximum atomic E-state index is 11.9. The first kappa shape index (κ1) is 21.2. The van der Waals surface area contributed by atoms with E-state index in [1.807, 2.05) is 11.8 Å². The molecule has 24 heavy (non-hydrogen) atoms. The van der Waals surface area contributed by atoms with Gasteiger partial charge in [0.1, 0.15) is 0 Å². The standard InChI is InChI=1S/C15H23N3O3S2.ClH/c1-2-18-23(20,21)14-5-3-12(4-6-14)10-17-15(19)9-13-11-22-8-7-16-13;/h3-6,13,16,18H,2,7-11H2,1H3,(H,17,19);1H. The third kappa shape index (κ3) is 6.60. The Labute approximate surface area is 154 Å². The molecule has 0 saturated carbocycles. The van der Waals surface area contributed by atoms with E-state index in [-0.39, 0.29) is 29.3 Å². The molecule has 1 saturated heterocycles. The molecule has 1 fully saturated rings. The van der Waals surface area contributed by atoms with Crippen molar-refractivity contribution in [3.05, 3.63) is 29.8 Å². The van der Waals surface area contributed by atoms with Crippen LogP contribution in [0.5, 0.6) is 0 Å². The summed E-state index contributed by atoms with van der Waals surface area (Å²) in [6, 6.07) is 6.79. The van der Waals surface area contributed by atoms with Crippen molar-refractivity contribution in [1.82, 2.24) is 15.4 Å². The third-order valence-corrected chi connectivity index (χ3v) is 6.18. The SMILES string of the molecule is CCNS(=O)(=O)c1ccc(CNC(=O)CC2CSCCN2)cc1.Cl. The molecule has 1 atom stereocenters. The molecule has 0 bridgehead atoms. The molecule has 1 heterocycles. The Morgan fingerprint density at radius 2 is 2.04 bits per heavy atom. The van der Waals surface area contributed by atoms with Gasteiger partial charge in [0.25, 0.3) is 0 Å². The average Bonchev–Trinajstić information content (AvgIpc) is 2.54. The molecule has 0 aliphatic carbocycles. The van der Waals surface area contributed by atoms with Gasteiger partial charge in [-0.1, -0.05) is 19.1 Å². The fourth-order valence-electron chi connectivity index (χ4n) is 2.31. The van der Waals surface area contributed by atoms with Crippen LogP contribution in [0.4, 0.5) is 0 Å². The molecule has 2 rings (SSSR count). The lowest BCUT2D eigenvalue weighted by Gasteiger charge is -2.22. The van der Waals surface area contributed by atoms with Gasteiger partial charge in [-0.3, -0.25) is 4.79 Å². The molecule has 136 valence electrons. The van der Waals surface area contributed by atoms with Gasteiger partial charge >= 0.3 is 0 Å². The summed E-state index contributed by atoms with van der Waals surface area (Å²) in [5.74, 6) is 2.07. The second kappa shape index (κ2) is 10.2. The lowest BCUT2D eigenvalue weighted by molar-refractivity contribution is -0.121. The first-order valence-electron chi connectivity index (χ1n) is 7.67. The lowest BCUT2D eigenvalue weighted by atomic mass is 10.2. The van der Waals surface area contributed by atoms with Crippen molar-refractivity contribution < 1.29 is 13.2 Å². The van der Waals surface area contributed by atoms with Crippen molar-refractivity contribution in [3.8, 4) is 0 Å². The molecule has 0 spiro atoms. The fraction of sp³-hybridized carbons (Fsp3) is 0.533. The number of nitrogens with one attached hydrogen (secondary N) is 3. The van der Waals surface area contributed by atoms with E-state index in [0.29, 0.717) is 19.5 Å². The van der Waals surface area contributed by atoms with Crippen LogP contribution in [0.25, 0.3) is 0 Å². The largest absolute Gasteiger partial charge is 0.352 e. The quantitative estimate of drug-likeness (QED) is 0.646. The van der Waals surface area contributed by atoms with Gasteiger partial charge in [0.05, 0.1) is 4.90 Å². The summed E-state index contributed by atoms with van der Waals surface area (Å²) in [5.41, 5.74) is 0.875. The highest BCUT2D eigenvalue weighted by atomic mass is 35.5. The van der Waals surface area contributed by atoms with Crippen molar-refractivity contribution in [3.63, 3.8) is 0 Å². The number of sulfonamides is 1. The number of carbonyl (C=O) groups excluding carboxylic acids is 1. The Kier molecular flexibility index (Phi) is 9.07. The molecule has 1 aromatic rings. The van der Waals surface area contributed by atoms with Crippen LogP contribution in [0, 0.1) is 0 Å². The number of thioether (sulfide) groups is 1. The predicted octanol–water partition coefficient (Wildman–Crippen LogP) is 1.12. The normalized spacial score (nSPS) is 17.8. The van der Waals surface area contributed by atoms with Crippen LogP contribution in [0.15, 0.2) is 29.2 Å². The number of halogens is 1. The Morgan fingerprint density at radius 3 is 2.62 bits per heavy atom. The van der Waals surface area contributed by atoms with E-state index in [1.165, 1.54) is 0 Å². The van der Waals surface area contributed by atoms with Crippen molar-refractivity contribution in [2.75, 3.05) is 24.6 Å². The number of hydrogen-bond acceptors (Lipinski definition) is 5. The van der Waals surface area contributed by atoms with E-state index in [2.05, 4.69) is 15.4 Å². The topological polar surface area (TPSA) is 87.3 Å². The fourth-order valence-corrected chi connectivity index (χ4v) is 4.30. The van der Waals surface area contributed by atoms with Gasteiger partial charge < -0.3 is 10.6 Å². The summed E-state index contributed by atoms with van der Waals surface area (Å²) in [4.78, 5) is 12.2. The zero-order valence-corrected chi connectivity index (χ0v) is 16.0. The van der Waals surface area contributed by atoms with Gasteiger partial charge in [0.15, 0.2) is 0 Å². The zero-order valence-electron chi connectivity index (χ0n) is 13.6. The number of hydrogen-bond donors (Lipinski definition) is 3. The molecule has 0 radical (unpaired) electrons. The molecule has 1 unspecified atom stereocenters. The average molecular weight is 394 g/mol. The Hall–Kier alpha value is -0.800. The molecule has 1 amide bonds. The van der Waals surface area contributed by atoms with E-state index in [4.69, 9.17) is 0 Å². The van der Waals surface area contributed by atoms with Gasteiger partial charge in [0, 0.05) is 43.6 Å². The summed E-state index contributed by atoms with van der Waals surface area (Å²) in [7, 11) is -3.43. The molecular weight excluding hydrogens is 370 g/mol. The summed E-state index contributed by atoms with van der Waals surface area (Å²) >= 11 is 1.86. The van der Waals surface area contributed by atoms with E-state index in [0.717, 1.165) is 23.6 Å². The second-order valence-corrected chi connectivity index (χ2v) is 8.27. The summed E-state index contributed by atoms with van der Waals surface area (Å²) in [6.45, 7) is 3.44. The first-order chi connectivity index (χ1) is 11.0. The monoisotopic (exact) mass is 393 g/mol. The van der Waals surface area contributed by atoms with Gasteiger partial charge in [-0.15, -0.1) is 12.4 Å². The molecule has 0 aromatic heterocycles. The Balaban J connectivity index is 0.00000288. The molecule has 1 aliphatic rings. The molecule has 6 nitrogen and oxygen atoms in total. The Morgan fingerprint density at radius 1 is 1.33 bits per heavy atom. The minimum Gasteiger partial charge on any atom is -0.352 e. The molecule has 1 aromatic carbocycles. The minimum absolute atomic E-state index is 0. The third-order valence-electron chi connectivity index (χ3n) is 3.49. The highest BCUT2D eigenvalue weighted by Gasteiger charge is 2.16. The zero-order chi connectivity index (χ0) is 16.7. The number of amides is 1. The number of carbonyl (C=O) groups is 1. The second-order valence-electron chi connectivity index (χ2n) is 5.35. The van der Waals surface area contributed by atoms with Crippen LogP contribution in [-0.2, 0) is 21.4 Å². The van der Waals surface area contributed by atoms with Crippen LogP contribution >= 0.6 is 24.2 Å². The van der Waals surface area contributed by atoms with Crippen molar-refractivity contribution in [2.24, 2.45) is 0 Å². The highest BCUT2D eigenvalue weighted by molar-refractivity contribution is 7.99. The summed E-state index contributed by atoms with van der Waals surface area (Å²) in [5, 5.41) is 6.21. The highest BCUT2D eigenvalue weighted by Crippen LogP contribution is 2.12. The molecule has 3 N–H and O–H groups in total. The maximum Gasteiger partial charge on any atom is 0.240 e. The lowest BCUT2D eigenvalue weighted by Crippen LogP contribution is -2.41. The van der Waals surface area contributed by atoms with Crippen LogP contribution in [0.1, 0.15) is 18.9 Å². The Bertz CT molecular complexity index is 617. The van der Waals surface area contributed by atoms with Gasteiger partial charge in [-0.05, 0) is 17.7 Å². The molecule has 9 heteroatoms. The van der Waals surface area contributed by atoms with E-state index >= 15 is 0 Å². The maximum absolute atomic E-state index is 11.9. The van der Waals surface area contributed by atoms with Crippen LogP contribution in [-0.4, -0.2) is 45.0 Å². The van der Waals surface area contributed by atoms with Crippen molar-refractivity contribution >= 4 is 40.1 Å². The van der Waals surface area contributed by atoms with Crippen LogP contribution in [0.2, 0.25) is 0 Å². The van der Waals surface area contributed by atoms with E-state index in [9.17, 15) is 13.2 Å². The molecular formula is C15H24ClN3O3S2. The number of rotatable bonds is 7. The van der Waals surface area contributed by atoms with Crippen LogP contribution in [0.3, 0.4) is 0 Å². The number of benzene rings is 1. The predicted molar refractivity (Wildman–Crippen MR) is 100 cm³/mol. The first-order valence-corrected chi connectivity index (χ1v) is 10.3. The minimum atomic E-state index is -3.43. The molecule has 1 aliphatic heterocycles. The van der Waals surface area contributed by atoms with Crippen molar-refractivity contribution in [2.45, 2.75) is 30.8 Å². The van der Waals surface area contributed by atoms with Gasteiger partial charge in [-0.2, -0.15) is 11.8 Å².